The third-order valence-electron chi connectivity index (χ3n) is 4.24. The van der Waals surface area contributed by atoms with E-state index in [2.05, 4.69) is 22.6 Å². The lowest BCUT2D eigenvalue weighted by Gasteiger charge is -2.30. The number of hydrogen-bond donors (Lipinski definition) is 0. The van der Waals surface area contributed by atoms with E-state index >= 15 is 0 Å². The minimum absolute atomic E-state index is 0.113. The Morgan fingerprint density at radius 2 is 1.73 bits per heavy atom. The van der Waals surface area contributed by atoms with Crippen molar-refractivity contribution in [3.63, 3.8) is 0 Å². The molecule has 2 aromatic rings. The fraction of sp³-hybridized carbons (Fsp3) is 0.412. The van der Waals surface area contributed by atoms with Gasteiger partial charge in [-0.1, -0.05) is 18.2 Å². The molecule has 0 amide bonds. The fourth-order valence-corrected chi connectivity index (χ4v) is 3.66. The Bertz CT molecular complexity index is 660. The van der Waals surface area contributed by atoms with Crippen LogP contribution in [0, 0.1) is 9.49 Å². The Balaban J connectivity index is 1.68. The van der Waals surface area contributed by atoms with Crippen LogP contribution in [-0.2, 0) is 0 Å². The van der Waals surface area contributed by atoms with Crippen LogP contribution in [-0.4, -0.2) is 12.3 Å². The Morgan fingerprint density at radius 1 is 1.00 bits per heavy atom. The van der Waals surface area contributed by atoms with Crippen LogP contribution >= 0.6 is 22.6 Å². The average molecular weight is 420 g/mol. The zero-order chi connectivity index (χ0) is 15.7. The van der Waals surface area contributed by atoms with E-state index in [-0.39, 0.29) is 18.9 Å². The van der Waals surface area contributed by atoms with Gasteiger partial charge in [0.1, 0.15) is 5.75 Å². The van der Waals surface area contributed by atoms with Crippen LogP contribution < -0.4 is 4.74 Å². The minimum atomic E-state index is -4.07. The van der Waals surface area contributed by atoms with Crippen LogP contribution in [0.15, 0.2) is 36.4 Å². The van der Waals surface area contributed by atoms with Gasteiger partial charge in [0.2, 0.25) is 0 Å². The Hall–Kier alpha value is -0.980. The molecule has 1 fully saturated rings. The van der Waals surface area contributed by atoms with Crippen LogP contribution in [0.25, 0.3) is 10.8 Å². The van der Waals surface area contributed by atoms with E-state index in [4.69, 9.17) is 4.74 Å². The first-order chi connectivity index (χ1) is 10.4. The highest BCUT2D eigenvalue weighted by molar-refractivity contribution is 14.1. The van der Waals surface area contributed by atoms with Gasteiger partial charge in [-0.25, -0.2) is 0 Å². The highest BCUT2D eigenvalue weighted by atomic mass is 127. The molecular weight excluding hydrogens is 404 g/mol. The molecule has 1 aliphatic carbocycles. The number of halogens is 4. The van der Waals surface area contributed by atoms with Gasteiger partial charge in [-0.05, 0) is 77.2 Å². The van der Waals surface area contributed by atoms with Crippen LogP contribution in [0.4, 0.5) is 13.2 Å². The number of benzene rings is 2. The highest BCUT2D eigenvalue weighted by Crippen LogP contribution is 2.38. The van der Waals surface area contributed by atoms with Gasteiger partial charge in [0.25, 0.3) is 0 Å². The lowest BCUT2D eigenvalue weighted by molar-refractivity contribution is -0.185. The number of rotatable bonds is 2. The van der Waals surface area contributed by atoms with Crippen LogP contribution in [0.3, 0.4) is 0 Å². The summed E-state index contributed by atoms with van der Waals surface area (Å²) in [7, 11) is 0. The summed E-state index contributed by atoms with van der Waals surface area (Å²) in [6.45, 7) is 0. The van der Waals surface area contributed by atoms with Crippen molar-refractivity contribution in [1.29, 1.82) is 0 Å². The van der Waals surface area contributed by atoms with Gasteiger partial charge in [-0.15, -0.1) is 0 Å². The van der Waals surface area contributed by atoms with Crippen molar-refractivity contribution in [1.82, 2.24) is 0 Å². The third-order valence-corrected chi connectivity index (χ3v) is 5.18. The van der Waals surface area contributed by atoms with E-state index in [1.807, 2.05) is 36.4 Å². The van der Waals surface area contributed by atoms with E-state index in [9.17, 15) is 13.2 Å². The summed E-state index contributed by atoms with van der Waals surface area (Å²) in [4.78, 5) is 0. The molecule has 0 N–H and O–H groups in total. The van der Waals surface area contributed by atoms with Gasteiger partial charge < -0.3 is 4.74 Å². The molecule has 1 saturated carbocycles. The first-order valence-electron chi connectivity index (χ1n) is 7.35. The Labute approximate surface area is 141 Å². The van der Waals surface area contributed by atoms with Crippen molar-refractivity contribution in [2.24, 2.45) is 5.92 Å². The normalized spacial score (nSPS) is 22.7. The zero-order valence-electron chi connectivity index (χ0n) is 11.9. The van der Waals surface area contributed by atoms with Gasteiger partial charge in [-0.2, -0.15) is 13.2 Å². The molecule has 2 aromatic carbocycles. The van der Waals surface area contributed by atoms with E-state index < -0.39 is 12.1 Å². The van der Waals surface area contributed by atoms with Gasteiger partial charge in [0.05, 0.1) is 12.0 Å². The molecule has 118 valence electrons. The highest BCUT2D eigenvalue weighted by Gasteiger charge is 2.41. The quantitative estimate of drug-likeness (QED) is 0.547. The molecule has 0 saturated heterocycles. The summed E-state index contributed by atoms with van der Waals surface area (Å²) in [5, 5.41) is 2.25. The summed E-state index contributed by atoms with van der Waals surface area (Å²) in [6, 6.07) is 11.9. The summed E-state index contributed by atoms with van der Waals surface area (Å²) in [5.74, 6) is -0.419. The van der Waals surface area contributed by atoms with Gasteiger partial charge in [0.15, 0.2) is 0 Å². The second-order valence-electron chi connectivity index (χ2n) is 5.76. The lowest BCUT2D eigenvalue weighted by atomic mass is 9.87. The van der Waals surface area contributed by atoms with Crippen molar-refractivity contribution < 1.29 is 17.9 Å². The first-order valence-corrected chi connectivity index (χ1v) is 8.43. The standard InChI is InChI=1S/C17H16F3IO/c18-17(19,20)12-5-8-13(9-6-12)22-14-7-4-11-2-1-3-16(21)15(11)10-14/h1-4,7,10,12-13H,5-6,8-9H2. The molecule has 1 nitrogen and oxygen atoms in total. The summed E-state index contributed by atoms with van der Waals surface area (Å²) in [6.07, 6.45) is -2.91. The van der Waals surface area contributed by atoms with Crippen LogP contribution in [0.5, 0.6) is 5.75 Å². The maximum absolute atomic E-state index is 12.7. The van der Waals surface area contributed by atoms with Gasteiger partial charge >= 0.3 is 6.18 Å². The Morgan fingerprint density at radius 3 is 2.41 bits per heavy atom. The predicted molar refractivity (Wildman–Crippen MR) is 89.1 cm³/mol. The maximum atomic E-state index is 12.7. The number of alkyl halides is 3. The summed E-state index contributed by atoms with van der Waals surface area (Å²) in [5.41, 5.74) is 0. The molecule has 0 heterocycles. The predicted octanol–water partition coefficient (Wildman–Crippen LogP) is 5.94. The average Bonchev–Trinajstić information content (AvgIpc) is 2.48. The summed E-state index contributed by atoms with van der Waals surface area (Å²) < 4.78 is 45.1. The van der Waals surface area contributed by atoms with Crippen molar-refractivity contribution in [3.8, 4) is 5.75 Å². The zero-order valence-corrected chi connectivity index (χ0v) is 14.0. The second-order valence-corrected chi connectivity index (χ2v) is 6.92. The molecule has 0 radical (unpaired) electrons. The monoisotopic (exact) mass is 420 g/mol. The molecule has 0 aliphatic heterocycles. The molecule has 0 spiro atoms. The van der Waals surface area contributed by atoms with Crippen LogP contribution in [0.1, 0.15) is 25.7 Å². The molecule has 1 aliphatic rings. The van der Waals surface area contributed by atoms with Crippen molar-refractivity contribution in [2.45, 2.75) is 38.0 Å². The Kier molecular flexibility index (Phi) is 4.52. The van der Waals surface area contributed by atoms with E-state index in [0.717, 1.165) is 20.1 Å². The number of hydrogen-bond acceptors (Lipinski definition) is 1. The first kappa shape index (κ1) is 15.9. The topological polar surface area (TPSA) is 9.23 Å². The van der Waals surface area contributed by atoms with Crippen LogP contribution in [0.2, 0.25) is 0 Å². The van der Waals surface area contributed by atoms with Gasteiger partial charge in [0, 0.05) is 3.57 Å². The molecular formula is C17H16F3IO. The summed E-state index contributed by atoms with van der Waals surface area (Å²) >= 11 is 2.28. The maximum Gasteiger partial charge on any atom is 0.391 e. The molecule has 22 heavy (non-hydrogen) atoms. The largest absolute Gasteiger partial charge is 0.490 e. The molecule has 5 heteroatoms. The third kappa shape index (κ3) is 3.50. The number of fused-ring (bicyclic) bond motifs is 1. The van der Waals surface area contributed by atoms with E-state index in [0.29, 0.717) is 12.8 Å². The van der Waals surface area contributed by atoms with Crippen molar-refractivity contribution in [3.05, 3.63) is 40.0 Å². The smallest absolute Gasteiger partial charge is 0.391 e. The molecule has 0 aromatic heterocycles. The molecule has 3 rings (SSSR count). The number of ether oxygens (including phenoxy) is 1. The SMILES string of the molecule is FC(F)(F)C1CCC(Oc2ccc3cccc(I)c3c2)CC1. The second kappa shape index (κ2) is 6.26. The van der Waals surface area contributed by atoms with Gasteiger partial charge in [-0.3, -0.25) is 0 Å². The fourth-order valence-electron chi connectivity index (χ4n) is 2.99. The van der Waals surface area contributed by atoms with E-state index in [1.54, 1.807) is 0 Å². The van der Waals surface area contributed by atoms with Crippen molar-refractivity contribution in [2.75, 3.05) is 0 Å². The molecule has 0 unspecified atom stereocenters. The molecule has 0 bridgehead atoms. The molecule has 0 atom stereocenters. The van der Waals surface area contributed by atoms with E-state index in [1.165, 1.54) is 0 Å². The lowest BCUT2D eigenvalue weighted by Crippen LogP contribution is -2.31. The minimum Gasteiger partial charge on any atom is -0.490 e. The van der Waals surface area contributed by atoms with Crippen molar-refractivity contribution >= 4 is 33.4 Å².